The molecule has 1 aromatic heterocycles. The second-order valence-corrected chi connectivity index (χ2v) is 7.14. The Morgan fingerprint density at radius 2 is 1.73 bits per heavy atom. The van der Waals surface area contributed by atoms with Crippen LogP contribution in [0.2, 0.25) is 0 Å². The van der Waals surface area contributed by atoms with Crippen LogP contribution in [0.4, 0.5) is 0 Å². The summed E-state index contributed by atoms with van der Waals surface area (Å²) in [5, 5.41) is 5.04. The van der Waals surface area contributed by atoms with Crippen LogP contribution in [0.15, 0.2) is 72.1 Å². The van der Waals surface area contributed by atoms with Crippen LogP contribution >= 0.6 is 11.8 Å². The Morgan fingerprint density at radius 3 is 2.38 bits per heavy atom. The molecule has 0 aliphatic carbocycles. The zero-order chi connectivity index (χ0) is 18.4. The van der Waals surface area contributed by atoms with Gasteiger partial charge in [-0.3, -0.25) is 4.79 Å². The minimum Gasteiger partial charge on any atom is -0.335 e. The molecule has 0 unspecified atom stereocenters. The van der Waals surface area contributed by atoms with Gasteiger partial charge in [0, 0.05) is 12.6 Å². The van der Waals surface area contributed by atoms with Crippen molar-refractivity contribution in [3.8, 4) is 5.69 Å². The molecule has 0 atom stereocenters. The molecule has 0 spiro atoms. The number of rotatable bonds is 7. The number of amides is 1. The van der Waals surface area contributed by atoms with Crippen LogP contribution in [0.25, 0.3) is 5.69 Å². The number of aromatic nitrogens is 3. The molecule has 6 heteroatoms. The normalized spacial score (nSPS) is 10.9. The van der Waals surface area contributed by atoms with Crippen molar-refractivity contribution in [2.75, 3.05) is 5.75 Å². The third kappa shape index (κ3) is 4.73. The topological polar surface area (TPSA) is 51.0 Å². The first-order valence-corrected chi connectivity index (χ1v) is 9.55. The molecule has 26 heavy (non-hydrogen) atoms. The first-order chi connectivity index (χ1) is 12.6. The van der Waals surface area contributed by atoms with Crippen LogP contribution in [0.1, 0.15) is 19.4 Å². The molecule has 3 rings (SSSR count). The van der Waals surface area contributed by atoms with Gasteiger partial charge in [0.2, 0.25) is 11.1 Å². The van der Waals surface area contributed by atoms with E-state index in [-0.39, 0.29) is 11.9 Å². The standard InChI is InChI=1S/C20H22N4OS/c1-16(2)23(13-17-9-5-3-6-10-17)19(25)14-26-20-21-15-24(22-20)18-11-7-4-8-12-18/h3-12,15-16H,13-14H2,1-2H3. The molecule has 0 bridgehead atoms. The molecular formula is C20H22N4OS. The number of thioether (sulfide) groups is 1. The number of carbonyl (C=O) groups is 1. The molecule has 0 fully saturated rings. The predicted octanol–water partition coefficient (Wildman–Crippen LogP) is 3.80. The van der Waals surface area contributed by atoms with Gasteiger partial charge in [-0.25, -0.2) is 9.67 Å². The van der Waals surface area contributed by atoms with Crippen LogP contribution in [-0.2, 0) is 11.3 Å². The lowest BCUT2D eigenvalue weighted by Gasteiger charge is -2.26. The highest BCUT2D eigenvalue weighted by atomic mass is 32.2. The third-order valence-corrected chi connectivity index (χ3v) is 4.79. The van der Waals surface area contributed by atoms with Crippen LogP contribution < -0.4 is 0 Å². The first kappa shape index (κ1) is 18.2. The van der Waals surface area contributed by atoms with E-state index in [1.807, 2.05) is 79.4 Å². The Balaban J connectivity index is 1.61. The van der Waals surface area contributed by atoms with Gasteiger partial charge in [0.1, 0.15) is 6.33 Å². The fourth-order valence-corrected chi connectivity index (χ4v) is 3.25. The van der Waals surface area contributed by atoms with E-state index in [4.69, 9.17) is 0 Å². The van der Waals surface area contributed by atoms with E-state index < -0.39 is 0 Å². The second kappa shape index (κ2) is 8.67. The molecule has 1 amide bonds. The van der Waals surface area contributed by atoms with Crippen LogP contribution in [0, 0.1) is 0 Å². The van der Waals surface area contributed by atoms with Crippen molar-refractivity contribution in [2.45, 2.75) is 31.6 Å². The average Bonchev–Trinajstić information content (AvgIpc) is 3.14. The van der Waals surface area contributed by atoms with Crippen molar-refractivity contribution in [2.24, 2.45) is 0 Å². The lowest BCUT2D eigenvalue weighted by Crippen LogP contribution is -2.37. The molecule has 0 saturated heterocycles. The lowest BCUT2D eigenvalue weighted by atomic mass is 10.2. The molecule has 3 aromatic rings. The molecule has 0 aliphatic heterocycles. The van der Waals surface area contributed by atoms with E-state index in [9.17, 15) is 4.79 Å². The Morgan fingerprint density at radius 1 is 1.08 bits per heavy atom. The molecular weight excluding hydrogens is 344 g/mol. The van der Waals surface area contributed by atoms with Crippen molar-refractivity contribution < 1.29 is 4.79 Å². The minimum atomic E-state index is 0.0879. The fraction of sp³-hybridized carbons (Fsp3) is 0.250. The van der Waals surface area contributed by atoms with E-state index in [0.29, 0.717) is 17.5 Å². The molecule has 0 N–H and O–H groups in total. The molecule has 1 heterocycles. The summed E-state index contributed by atoms with van der Waals surface area (Å²) in [5.74, 6) is 0.411. The maximum Gasteiger partial charge on any atom is 0.233 e. The zero-order valence-electron chi connectivity index (χ0n) is 14.9. The summed E-state index contributed by atoms with van der Waals surface area (Å²) in [5.41, 5.74) is 2.08. The Hall–Kier alpha value is -2.60. The van der Waals surface area contributed by atoms with Gasteiger partial charge in [-0.15, -0.1) is 5.10 Å². The Labute approximate surface area is 158 Å². The van der Waals surface area contributed by atoms with E-state index in [1.165, 1.54) is 11.8 Å². The second-order valence-electron chi connectivity index (χ2n) is 6.20. The number of benzene rings is 2. The number of hydrogen-bond donors (Lipinski definition) is 0. The largest absolute Gasteiger partial charge is 0.335 e. The number of hydrogen-bond acceptors (Lipinski definition) is 4. The summed E-state index contributed by atoms with van der Waals surface area (Å²) in [6.45, 7) is 4.69. The summed E-state index contributed by atoms with van der Waals surface area (Å²) in [6.07, 6.45) is 1.67. The molecule has 0 radical (unpaired) electrons. The number of carbonyl (C=O) groups excluding carboxylic acids is 1. The van der Waals surface area contributed by atoms with Crippen molar-refractivity contribution in [1.29, 1.82) is 0 Å². The predicted molar refractivity (Wildman–Crippen MR) is 104 cm³/mol. The van der Waals surface area contributed by atoms with Gasteiger partial charge in [0.25, 0.3) is 0 Å². The van der Waals surface area contributed by atoms with E-state index in [0.717, 1.165) is 11.3 Å². The van der Waals surface area contributed by atoms with Crippen LogP contribution in [-0.4, -0.2) is 37.4 Å². The van der Waals surface area contributed by atoms with Gasteiger partial charge in [-0.1, -0.05) is 60.3 Å². The van der Waals surface area contributed by atoms with Crippen molar-refractivity contribution in [3.63, 3.8) is 0 Å². The van der Waals surface area contributed by atoms with Crippen LogP contribution in [0.5, 0.6) is 0 Å². The maximum atomic E-state index is 12.7. The Kier molecular flexibility index (Phi) is 6.07. The fourth-order valence-electron chi connectivity index (χ4n) is 2.57. The van der Waals surface area contributed by atoms with Gasteiger partial charge in [-0.05, 0) is 31.5 Å². The third-order valence-electron chi connectivity index (χ3n) is 3.96. The first-order valence-electron chi connectivity index (χ1n) is 8.57. The zero-order valence-corrected chi connectivity index (χ0v) is 15.8. The monoisotopic (exact) mass is 366 g/mol. The summed E-state index contributed by atoms with van der Waals surface area (Å²) in [4.78, 5) is 18.9. The lowest BCUT2D eigenvalue weighted by molar-refractivity contribution is -0.130. The van der Waals surface area contributed by atoms with Gasteiger partial charge in [-0.2, -0.15) is 0 Å². The van der Waals surface area contributed by atoms with Gasteiger partial charge < -0.3 is 4.90 Å². The van der Waals surface area contributed by atoms with E-state index >= 15 is 0 Å². The van der Waals surface area contributed by atoms with Gasteiger partial charge >= 0.3 is 0 Å². The summed E-state index contributed by atoms with van der Waals surface area (Å²) < 4.78 is 1.72. The number of para-hydroxylation sites is 1. The van der Waals surface area contributed by atoms with Gasteiger partial charge in [0.15, 0.2) is 0 Å². The quantitative estimate of drug-likeness (QED) is 0.597. The summed E-state index contributed by atoms with van der Waals surface area (Å²) >= 11 is 1.37. The van der Waals surface area contributed by atoms with E-state index in [1.54, 1.807) is 11.0 Å². The van der Waals surface area contributed by atoms with Crippen molar-refractivity contribution >= 4 is 17.7 Å². The highest BCUT2D eigenvalue weighted by Gasteiger charge is 2.18. The Bertz CT molecular complexity index is 833. The van der Waals surface area contributed by atoms with Crippen molar-refractivity contribution in [1.82, 2.24) is 19.7 Å². The van der Waals surface area contributed by atoms with Gasteiger partial charge in [0.05, 0.1) is 11.4 Å². The molecule has 134 valence electrons. The molecule has 5 nitrogen and oxygen atoms in total. The highest BCUT2D eigenvalue weighted by Crippen LogP contribution is 2.17. The average molecular weight is 366 g/mol. The van der Waals surface area contributed by atoms with Crippen molar-refractivity contribution in [3.05, 3.63) is 72.6 Å². The smallest absolute Gasteiger partial charge is 0.233 e. The molecule has 0 aliphatic rings. The number of nitrogens with zero attached hydrogens (tertiary/aromatic N) is 4. The van der Waals surface area contributed by atoms with Crippen LogP contribution in [0.3, 0.4) is 0 Å². The highest BCUT2D eigenvalue weighted by molar-refractivity contribution is 7.99. The SMILES string of the molecule is CC(C)N(Cc1ccccc1)C(=O)CSc1ncn(-c2ccccc2)n1. The summed E-state index contributed by atoms with van der Waals surface area (Å²) in [7, 11) is 0. The van der Waals surface area contributed by atoms with E-state index in [2.05, 4.69) is 10.1 Å². The minimum absolute atomic E-state index is 0.0879. The summed E-state index contributed by atoms with van der Waals surface area (Å²) in [6, 6.07) is 20.0. The maximum absolute atomic E-state index is 12.7. The molecule has 2 aromatic carbocycles. The molecule has 0 saturated carbocycles.